The summed E-state index contributed by atoms with van der Waals surface area (Å²) in [6, 6.07) is 7.50. The van der Waals surface area contributed by atoms with Gasteiger partial charge in [0.1, 0.15) is 6.61 Å². The summed E-state index contributed by atoms with van der Waals surface area (Å²) in [5.74, 6) is 0.0387. The van der Waals surface area contributed by atoms with Crippen molar-refractivity contribution in [1.82, 2.24) is 24.8 Å². The Hall–Kier alpha value is -3.40. The molecule has 3 aromatic rings. The third kappa shape index (κ3) is 4.46. The highest BCUT2D eigenvalue weighted by Crippen LogP contribution is 2.25. The summed E-state index contributed by atoms with van der Waals surface area (Å²) in [7, 11) is 1.57. The number of nitrogen functional groups attached to an aromatic ring is 1. The summed E-state index contributed by atoms with van der Waals surface area (Å²) in [5, 5.41) is 13.0. The number of ether oxygens (including phenoxy) is 2. The van der Waals surface area contributed by atoms with Crippen LogP contribution in [0.5, 0.6) is 12.0 Å². The van der Waals surface area contributed by atoms with E-state index in [4.69, 9.17) is 15.2 Å². The second kappa shape index (κ2) is 8.53. The van der Waals surface area contributed by atoms with Crippen molar-refractivity contribution in [3.63, 3.8) is 0 Å². The first kappa shape index (κ1) is 19.4. The van der Waals surface area contributed by atoms with Crippen LogP contribution in [-0.2, 0) is 22.6 Å². The first-order chi connectivity index (χ1) is 13.5. The number of hydrogen-bond donors (Lipinski definition) is 3. The minimum Gasteiger partial charge on any atom is -0.480 e. The van der Waals surface area contributed by atoms with Gasteiger partial charge in [-0.15, -0.1) is 0 Å². The Kier molecular flexibility index (Phi) is 5.90. The number of benzene rings is 1. The minimum absolute atomic E-state index is 0.0836. The molecule has 3 rings (SSSR count). The first-order valence-corrected chi connectivity index (χ1v) is 8.64. The Bertz CT molecular complexity index is 970. The maximum atomic E-state index is 11.0. The molecule has 0 bridgehead atoms. The Morgan fingerprint density at radius 2 is 1.89 bits per heavy atom. The number of anilines is 1. The van der Waals surface area contributed by atoms with Gasteiger partial charge in [-0.2, -0.15) is 15.0 Å². The Labute approximate surface area is 161 Å². The van der Waals surface area contributed by atoms with Gasteiger partial charge in [0.05, 0.1) is 13.2 Å². The van der Waals surface area contributed by atoms with Crippen LogP contribution < -0.4 is 15.8 Å². The molecule has 10 nitrogen and oxygen atoms in total. The van der Waals surface area contributed by atoms with Crippen LogP contribution in [0, 0.1) is 0 Å². The number of hydrogen-bond acceptors (Lipinski definition) is 8. The predicted octanol–water partition coefficient (Wildman–Crippen LogP) is 0.824. The SMILES string of the molecule is COCCOc1nc(N)c2nc(O)n(Cc3ccc(CNC(C)=O)cc3)c2n1. The molecule has 28 heavy (non-hydrogen) atoms. The average Bonchev–Trinajstić information content (AvgIpc) is 2.98. The van der Waals surface area contributed by atoms with Crippen LogP contribution in [0.3, 0.4) is 0 Å². The zero-order valence-electron chi connectivity index (χ0n) is 15.7. The fourth-order valence-electron chi connectivity index (χ4n) is 2.59. The molecule has 0 aliphatic heterocycles. The highest BCUT2D eigenvalue weighted by Gasteiger charge is 2.17. The zero-order valence-corrected chi connectivity index (χ0v) is 15.7. The largest absolute Gasteiger partial charge is 0.480 e. The van der Waals surface area contributed by atoms with Crippen LogP contribution in [0.2, 0.25) is 0 Å². The van der Waals surface area contributed by atoms with Gasteiger partial charge in [0.2, 0.25) is 5.91 Å². The maximum absolute atomic E-state index is 11.0. The monoisotopic (exact) mass is 386 g/mol. The van der Waals surface area contributed by atoms with Gasteiger partial charge in [0.15, 0.2) is 17.0 Å². The third-order valence-corrected chi connectivity index (χ3v) is 4.00. The lowest BCUT2D eigenvalue weighted by molar-refractivity contribution is -0.119. The fourth-order valence-corrected chi connectivity index (χ4v) is 2.59. The second-order valence-electron chi connectivity index (χ2n) is 6.13. The molecule has 148 valence electrons. The fraction of sp³-hybridized carbons (Fsp3) is 0.333. The number of carbonyl (C=O) groups is 1. The van der Waals surface area contributed by atoms with Gasteiger partial charge in [-0.1, -0.05) is 24.3 Å². The standard InChI is InChI=1S/C18H22N6O4/c1-11(25)20-9-12-3-5-13(6-4-12)10-24-16-14(21-18(24)26)15(19)22-17(23-16)28-8-7-27-2/h3-6H,7-10H2,1-2H3,(H,20,25)(H,21,26)(H2,19,22,23). The molecule has 1 amide bonds. The number of fused-ring (bicyclic) bond motifs is 1. The summed E-state index contributed by atoms with van der Waals surface area (Å²) in [6.45, 7) is 2.92. The molecule has 0 atom stereocenters. The van der Waals surface area contributed by atoms with Gasteiger partial charge in [-0.25, -0.2) is 0 Å². The molecule has 2 aromatic heterocycles. The number of methoxy groups -OCH3 is 1. The van der Waals surface area contributed by atoms with E-state index in [2.05, 4.69) is 20.3 Å². The third-order valence-electron chi connectivity index (χ3n) is 4.00. The topological polar surface area (TPSA) is 137 Å². The van der Waals surface area contributed by atoms with Crippen LogP contribution in [0.15, 0.2) is 24.3 Å². The normalized spacial score (nSPS) is 10.9. The Morgan fingerprint density at radius 3 is 2.57 bits per heavy atom. The number of amides is 1. The first-order valence-electron chi connectivity index (χ1n) is 8.64. The van der Waals surface area contributed by atoms with Crippen molar-refractivity contribution in [2.24, 2.45) is 0 Å². The van der Waals surface area contributed by atoms with Crippen LogP contribution in [0.4, 0.5) is 5.82 Å². The highest BCUT2D eigenvalue weighted by molar-refractivity contribution is 5.83. The van der Waals surface area contributed by atoms with Crippen LogP contribution in [-0.4, -0.2) is 50.9 Å². The predicted molar refractivity (Wildman–Crippen MR) is 102 cm³/mol. The molecular formula is C18H22N6O4. The lowest BCUT2D eigenvalue weighted by Crippen LogP contribution is -2.18. The van der Waals surface area contributed by atoms with E-state index >= 15 is 0 Å². The van der Waals surface area contributed by atoms with E-state index in [1.54, 1.807) is 7.11 Å². The number of rotatable bonds is 8. The van der Waals surface area contributed by atoms with E-state index in [0.29, 0.717) is 30.9 Å². The minimum atomic E-state index is -0.215. The van der Waals surface area contributed by atoms with E-state index in [1.807, 2.05) is 24.3 Å². The Morgan fingerprint density at radius 1 is 1.18 bits per heavy atom. The molecule has 0 saturated heterocycles. The number of nitrogens with zero attached hydrogens (tertiary/aromatic N) is 4. The van der Waals surface area contributed by atoms with E-state index in [0.717, 1.165) is 11.1 Å². The van der Waals surface area contributed by atoms with E-state index in [1.165, 1.54) is 11.5 Å². The number of carbonyl (C=O) groups excluding carboxylic acids is 1. The van der Waals surface area contributed by atoms with Gasteiger partial charge in [0, 0.05) is 20.6 Å². The molecule has 0 aliphatic carbocycles. The van der Waals surface area contributed by atoms with Crippen LogP contribution in [0.1, 0.15) is 18.1 Å². The van der Waals surface area contributed by atoms with Crippen LogP contribution in [0.25, 0.3) is 11.2 Å². The summed E-state index contributed by atoms with van der Waals surface area (Å²) < 4.78 is 11.9. The van der Waals surface area contributed by atoms with Crippen LogP contribution >= 0.6 is 0 Å². The van der Waals surface area contributed by atoms with E-state index in [-0.39, 0.29) is 30.4 Å². The van der Waals surface area contributed by atoms with Gasteiger partial charge in [-0.3, -0.25) is 9.36 Å². The molecule has 0 unspecified atom stereocenters. The second-order valence-corrected chi connectivity index (χ2v) is 6.13. The molecule has 0 radical (unpaired) electrons. The van der Waals surface area contributed by atoms with Gasteiger partial charge in [-0.05, 0) is 11.1 Å². The number of aromatic hydroxyl groups is 1. The van der Waals surface area contributed by atoms with Gasteiger partial charge < -0.3 is 25.6 Å². The summed E-state index contributed by atoms with van der Waals surface area (Å²) >= 11 is 0. The maximum Gasteiger partial charge on any atom is 0.320 e. The van der Waals surface area contributed by atoms with Crippen molar-refractivity contribution in [3.8, 4) is 12.0 Å². The van der Waals surface area contributed by atoms with Crippen molar-refractivity contribution in [3.05, 3.63) is 35.4 Å². The van der Waals surface area contributed by atoms with Crippen molar-refractivity contribution in [2.45, 2.75) is 20.0 Å². The Balaban J connectivity index is 1.83. The van der Waals surface area contributed by atoms with Crippen molar-refractivity contribution in [1.29, 1.82) is 0 Å². The molecule has 1 aromatic carbocycles. The number of imidazole rings is 1. The highest BCUT2D eigenvalue weighted by atomic mass is 16.5. The average molecular weight is 386 g/mol. The number of aromatic nitrogens is 4. The summed E-state index contributed by atoms with van der Waals surface area (Å²) in [6.07, 6.45) is 0. The van der Waals surface area contributed by atoms with Gasteiger partial charge in [0.25, 0.3) is 6.01 Å². The van der Waals surface area contributed by atoms with Crippen molar-refractivity contribution in [2.75, 3.05) is 26.1 Å². The van der Waals surface area contributed by atoms with E-state index in [9.17, 15) is 9.90 Å². The quantitative estimate of drug-likeness (QED) is 0.484. The molecule has 2 heterocycles. The molecule has 0 saturated carbocycles. The smallest absolute Gasteiger partial charge is 0.320 e. The summed E-state index contributed by atoms with van der Waals surface area (Å²) in [5.41, 5.74) is 8.50. The zero-order chi connectivity index (χ0) is 20.1. The molecule has 0 fully saturated rings. The number of nitrogens with two attached hydrogens (primary N) is 1. The molecule has 0 aliphatic rings. The van der Waals surface area contributed by atoms with Gasteiger partial charge >= 0.3 is 6.01 Å². The van der Waals surface area contributed by atoms with Crippen molar-refractivity contribution < 1.29 is 19.4 Å². The number of nitrogens with one attached hydrogen (secondary N) is 1. The van der Waals surface area contributed by atoms with Crippen molar-refractivity contribution >= 4 is 22.9 Å². The summed E-state index contributed by atoms with van der Waals surface area (Å²) in [4.78, 5) is 23.4. The molecule has 10 heteroatoms. The lowest BCUT2D eigenvalue weighted by atomic mass is 10.1. The molecular weight excluding hydrogens is 364 g/mol. The molecule has 4 N–H and O–H groups in total. The lowest BCUT2D eigenvalue weighted by Gasteiger charge is -2.08. The van der Waals surface area contributed by atoms with E-state index < -0.39 is 0 Å². The molecule has 0 spiro atoms.